The van der Waals surface area contributed by atoms with Crippen LogP contribution in [0.4, 0.5) is 10.1 Å². The van der Waals surface area contributed by atoms with Gasteiger partial charge in [-0.1, -0.05) is 0 Å². The van der Waals surface area contributed by atoms with Gasteiger partial charge in [0, 0.05) is 6.54 Å². The van der Waals surface area contributed by atoms with Crippen LogP contribution in [0.3, 0.4) is 0 Å². The summed E-state index contributed by atoms with van der Waals surface area (Å²) in [5, 5.41) is 17.5. The summed E-state index contributed by atoms with van der Waals surface area (Å²) in [7, 11) is 0. The van der Waals surface area contributed by atoms with Crippen molar-refractivity contribution in [3.05, 3.63) is 30.3 Å². The topological polar surface area (TPSA) is 67.7 Å². The summed E-state index contributed by atoms with van der Waals surface area (Å²) in [6, 6.07) is 4.82. The van der Waals surface area contributed by atoms with E-state index >= 15 is 0 Å². The van der Waals surface area contributed by atoms with E-state index in [9.17, 15) is 4.39 Å². The molecular weight excluding hydrogens is 259 g/mol. The molecule has 0 unspecified atom stereocenters. The van der Waals surface area contributed by atoms with Crippen LogP contribution >= 0.6 is 0 Å². The Morgan fingerprint density at radius 2 is 2.20 bits per heavy atom. The predicted octanol–water partition coefficient (Wildman–Crippen LogP) is 1.21. The van der Waals surface area contributed by atoms with Crippen LogP contribution in [0, 0.1) is 11.7 Å². The van der Waals surface area contributed by atoms with E-state index in [1.165, 1.54) is 17.1 Å². The molecule has 20 heavy (non-hydrogen) atoms. The van der Waals surface area contributed by atoms with Crippen LogP contribution in [-0.4, -0.2) is 39.8 Å². The molecule has 106 valence electrons. The van der Waals surface area contributed by atoms with E-state index in [0.29, 0.717) is 11.6 Å². The van der Waals surface area contributed by atoms with E-state index in [-0.39, 0.29) is 5.82 Å². The number of piperidine rings is 1. The number of nitrogens with one attached hydrogen (secondary N) is 2. The Hall–Kier alpha value is -2.02. The number of anilines is 1. The molecule has 2 N–H and O–H groups in total. The van der Waals surface area contributed by atoms with Crippen molar-refractivity contribution in [2.24, 2.45) is 5.92 Å². The van der Waals surface area contributed by atoms with Crippen molar-refractivity contribution < 1.29 is 4.39 Å². The number of aromatic nitrogens is 4. The maximum absolute atomic E-state index is 13.8. The first-order valence-electron chi connectivity index (χ1n) is 6.80. The molecule has 6 nitrogen and oxygen atoms in total. The number of nitrogens with zero attached hydrogens (tertiary/aromatic N) is 4. The zero-order valence-corrected chi connectivity index (χ0v) is 11.1. The van der Waals surface area contributed by atoms with Crippen LogP contribution in [-0.2, 0) is 0 Å². The summed E-state index contributed by atoms with van der Waals surface area (Å²) in [6.45, 7) is 2.87. The van der Waals surface area contributed by atoms with Gasteiger partial charge >= 0.3 is 0 Å². The van der Waals surface area contributed by atoms with E-state index < -0.39 is 0 Å². The molecule has 1 aromatic carbocycles. The fraction of sp³-hybridized carbons (Fsp3) is 0.462. The van der Waals surface area contributed by atoms with Crippen LogP contribution in [0.1, 0.15) is 12.8 Å². The standard InChI is InChI=1S/C13H17FN6/c14-12-2-1-11(20-9-17-18-19-20)7-13(12)16-8-10-3-5-15-6-4-10/h1-2,7,9-10,15-16H,3-6,8H2. The number of benzene rings is 1. The highest BCUT2D eigenvalue weighted by Gasteiger charge is 2.13. The third kappa shape index (κ3) is 2.93. The lowest BCUT2D eigenvalue weighted by atomic mass is 9.98. The average Bonchev–Trinajstić information content (AvgIpc) is 3.02. The predicted molar refractivity (Wildman–Crippen MR) is 73.2 cm³/mol. The minimum Gasteiger partial charge on any atom is -0.382 e. The third-order valence-corrected chi connectivity index (χ3v) is 3.60. The Labute approximate surface area is 116 Å². The molecule has 2 heterocycles. The molecule has 0 spiro atoms. The highest BCUT2D eigenvalue weighted by atomic mass is 19.1. The third-order valence-electron chi connectivity index (χ3n) is 3.60. The number of hydrogen-bond donors (Lipinski definition) is 2. The Bertz CT molecular complexity index is 550. The van der Waals surface area contributed by atoms with Gasteiger partial charge in [-0.05, 0) is 60.5 Å². The van der Waals surface area contributed by atoms with E-state index in [2.05, 4.69) is 26.2 Å². The summed E-state index contributed by atoms with van der Waals surface area (Å²) in [6.07, 6.45) is 3.74. The van der Waals surface area contributed by atoms with Crippen LogP contribution in [0.5, 0.6) is 0 Å². The lowest BCUT2D eigenvalue weighted by molar-refractivity contribution is 0.389. The Morgan fingerprint density at radius 3 is 2.95 bits per heavy atom. The molecule has 0 radical (unpaired) electrons. The number of tetrazole rings is 1. The SMILES string of the molecule is Fc1ccc(-n2cnnn2)cc1NCC1CCNCC1. The second-order valence-corrected chi connectivity index (χ2v) is 4.99. The van der Waals surface area contributed by atoms with E-state index in [1.807, 2.05) is 0 Å². The van der Waals surface area contributed by atoms with Gasteiger partial charge in [0.05, 0.1) is 11.4 Å². The fourth-order valence-electron chi connectivity index (χ4n) is 2.41. The molecule has 2 aromatic rings. The molecule has 1 aliphatic heterocycles. The largest absolute Gasteiger partial charge is 0.382 e. The van der Waals surface area contributed by atoms with Gasteiger partial charge in [-0.3, -0.25) is 0 Å². The second-order valence-electron chi connectivity index (χ2n) is 4.99. The molecule has 1 aromatic heterocycles. The molecule has 7 heteroatoms. The Morgan fingerprint density at radius 1 is 1.35 bits per heavy atom. The van der Waals surface area contributed by atoms with Gasteiger partial charge in [0.25, 0.3) is 0 Å². The van der Waals surface area contributed by atoms with Crippen molar-refractivity contribution in [2.45, 2.75) is 12.8 Å². The maximum atomic E-state index is 13.8. The van der Waals surface area contributed by atoms with E-state index in [4.69, 9.17) is 0 Å². The minimum atomic E-state index is -0.254. The molecule has 0 amide bonds. The first-order chi connectivity index (χ1) is 9.83. The zero-order chi connectivity index (χ0) is 13.8. The van der Waals surface area contributed by atoms with Gasteiger partial charge in [-0.25, -0.2) is 9.07 Å². The fourth-order valence-corrected chi connectivity index (χ4v) is 2.41. The van der Waals surface area contributed by atoms with E-state index in [1.54, 1.807) is 12.1 Å². The lowest BCUT2D eigenvalue weighted by Gasteiger charge is -2.23. The van der Waals surface area contributed by atoms with Crippen molar-refractivity contribution in [1.29, 1.82) is 0 Å². The molecule has 0 atom stereocenters. The number of halogens is 1. The van der Waals surface area contributed by atoms with Gasteiger partial charge in [-0.2, -0.15) is 0 Å². The molecular formula is C13H17FN6. The van der Waals surface area contributed by atoms with E-state index in [0.717, 1.165) is 38.2 Å². The van der Waals surface area contributed by atoms with Gasteiger partial charge in [0.1, 0.15) is 12.1 Å². The quantitative estimate of drug-likeness (QED) is 0.878. The number of hydrogen-bond acceptors (Lipinski definition) is 5. The van der Waals surface area contributed by atoms with Crippen molar-refractivity contribution in [2.75, 3.05) is 25.0 Å². The normalized spacial score (nSPS) is 16.2. The van der Waals surface area contributed by atoms with Gasteiger partial charge in [0.15, 0.2) is 0 Å². The molecule has 0 saturated carbocycles. The van der Waals surface area contributed by atoms with Gasteiger partial charge in [-0.15, -0.1) is 5.10 Å². The van der Waals surface area contributed by atoms with Crippen molar-refractivity contribution >= 4 is 5.69 Å². The maximum Gasteiger partial charge on any atom is 0.146 e. The monoisotopic (exact) mass is 276 g/mol. The molecule has 1 saturated heterocycles. The first-order valence-corrected chi connectivity index (χ1v) is 6.80. The van der Waals surface area contributed by atoms with Crippen LogP contribution < -0.4 is 10.6 Å². The second kappa shape index (κ2) is 5.96. The summed E-state index contributed by atoms with van der Waals surface area (Å²) in [4.78, 5) is 0. The molecule has 0 aliphatic carbocycles. The molecule has 1 aliphatic rings. The number of rotatable bonds is 4. The highest BCUT2D eigenvalue weighted by molar-refractivity contribution is 5.52. The highest BCUT2D eigenvalue weighted by Crippen LogP contribution is 2.20. The zero-order valence-electron chi connectivity index (χ0n) is 11.1. The first kappa shape index (κ1) is 13.0. The minimum absolute atomic E-state index is 0.254. The summed E-state index contributed by atoms with van der Waals surface area (Å²) in [5.74, 6) is 0.336. The van der Waals surface area contributed by atoms with Crippen molar-refractivity contribution in [3.8, 4) is 5.69 Å². The summed E-state index contributed by atoms with van der Waals surface area (Å²) in [5.41, 5.74) is 1.24. The van der Waals surface area contributed by atoms with Crippen LogP contribution in [0.2, 0.25) is 0 Å². The van der Waals surface area contributed by atoms with Crippen molar-refractivity contribution in [1.82, 2.24) is 25.5 Å². The molecule has 1 fully saturated rings. The van der Waals surface area contributed by atoms with Crippen molar-refractivity contribution in [3.63, 3.8) is 0 Å². The Balaban J connectivity index is 1.70. The van der Waals surface area contributed by atoms with Crippen LogP contribution in [0.15, 0.2) is 24.5 Å². The Kier molecular flexibility index (Phi) is 3.87. The average molecular weight is 276 g/mol. The molecule has 0 bridgehead atoms. The smallest absolute Gasteiger partial charge is 0.146 e. The van der Waals surface area contributed by atoms with Crippen LogP contribution in [0.25, 0.3) is 5.69 Å². The molecule has 3 rings (SSSR count). The van der Waals surface area contributed by atoms with Gasteiger partial charge in [0.2, 0.25) is 0 Å². The lowest BCUT2D eigenvalue weighted by Crippen LogP contribution is -2.31. The summed E-state index contributed by atoms with van der Waals surface area (Å²) >= 11 is 0. The van der Waals surface area contributed by atoms with Gasteiger partial charge < -0.3 is 10.6 Å². The summed E-state index contributed by atoms with van der Waals surface area (Å²) < 4.78 is 15.3.